The zero-order valence-corrected chi connectivity index (χ0v) is 12.1. The molecule has 0 aliphatic carbocycles. The normalized spacial score (nSPS) is 10.3. The number of amides is 1. The van der Waals surface area contributed by atoms with Crippen LogP contribution >= 0.6 is 0 Å². The first-order valence-corrected chi connectivity index (χ1v) is 7.00. The van der Waals surface area contributed by atoms with Gasteiger partial charge >= 0.3 is 0 Å². The maximum atomic E-state index is 11.7. The number of aryl methyl sites for hydroxylation is 2. The number of carbonyl (C=O) groups excluding carboxylic acids is 1. The summed E-state index contributed by atoms with van der Waals surface area (Å²) < 4.78 is 1.37. The molecule has 2 rings (SSSR count). The second-order valence-corrected chi connectivity index (χ2v) is 4.87. The number of hydrogen-bond acceptors (Lipinski definition) is 3. The zero-order valence-electron chi connectivity index (χ0n) is 12.1. The van der Waals surface area contributed by atoms with Gasteiger partial charge in [-0.25, -0.2) is 4.68 Å². The molecular formula is C16H19N3O2. The Morgan fingerprint density at radius 3 is 2.71 bits per heavy atom. The lowest BCUT2D eigenvalue weighted by molar-refractivity contribution is -0.121. The largest absolute Gasteiger partial charge is 0.354 e. The number of hydrogen-bond donors (Lipinski definition) is 1. The Labute approximate surface area is 123 Å². The first-order chi connectivity index (χ1) is 10.1. The van der Waals surface area contributed by atoms with Gasteiger partial charge in [-0.05, 0) is 25.0 Å². The standard InChI is InChI=1S/C16H19N3O2/c1-13-7-10-16(21)19(18-13)12-11-17-15(20)9-8-14-5-3-2-4-6-14/h2-7,10H,8-9,11-12H2,1H3,(H,17,20). The lowest BCUT2D eigenvalue weighted by atomic mass is 10.1. The number of carbonyl (C=O) groups is 1. The lowest BCUT2D eigenvalue weighted by Gasteiger charge is -2.07. The third-order valence-corrected chi connectivity index (χ3v) is 3.13. The highest BCUT2D eigenvalue weighted by Crippen LogP contribution is 2.01. The third-order valence-electron chi connectivity index (χ3n) is 3.13. The average Bonchev–Trinajstić information content (AvgIpc) is 2.50. The topological polar surface area (TPSA) is 64.0 Å². The van der Waals surface area contributed by atoms with Gasteiger partial charge in [0, 0.05) is 19.0 Å². The van der Waals surface area contributed by atoms with Gasteiger partial charge in [-0.3, -0.25) is 9.59 Å². The van der Waals surface area contributed by atoms with Crippen LogP contribution < -0.4 is 10.9 Å². The van der Waals surface area contributed by atoms with Crippen LogP contribution in [-0.4, -0.2) is 22.2 Å². The van der Waals surface area contributed by atoms with E-state index in [-0.39, 0.29) is 11.5 Å². The predicted molar refractivity (Wildman–Crippen MR) is 81.0 cm³/mol. The van der Waals surface area contributed by atoms with Gasteiger partial charge in [-0.2, -0.15) is 5.10 Å². The van der Waals surface area contributed by atoms with Crippen LogP contribution in [0.2, 0.25) is 0 Å². The summed E-state index contributed by atoms with van der Waals surface area (Å²) in [6.45, 7) is 2.62. The quantitative estimate of drug-likeness (QED) is 0.870. The summed E-state index contributed by atoms with van der Waals surface area (Å²) in [6.07, 6.45) is 1.16. The highest BCUT2D eigenvalue weighted by atomic mass is 16.1. The van der Waals surface area contributed by atoms with Crippen molar-refractivity contribution in [3.05, 3.63) is 64.1 Å². The minimum Gasteiger partial charge on any atom is -0.354 e. The molecular weight excluding hydrogens is 266 g/mol. The lowest BCUT2D eigenvalue weighted by Crippen LogP contribution is -2.32. The molecule has 0 spiro atoms. The molecule has 0 aliphatic heterocycles. The minimum absolute atomic E-state index is 0.0143. The van der Waals surface area contributed by atoms with E-state index < -0.39 is 0 Å². The molecule has 0 bridgehead atoms. The molecule has 1 aromatic carbocycles. The first kappa shape index (κ1) is 15.0. The van der Waals surface area contributed by atoms with E-state index in [0.717, 1.165) is 17.7 Å². The van der Waals surface area contributed by atoms with E-state index in [4.69, 9.17) is 0 Å². The van der Waals surface area contributed by atoms with Gasteiger partial charge in [0.05, 0.1) is 12.2 Å². The molecule has 1 aromatic heterocycles. The molecule has 1 heterocycles. The van der Waals surface area contributed by atoms with Crippen molar-refractivity contribution in [1.82, 2.24) is 15.1 Å². The van der Waals surface area contributed by atoms with Crippen molar-refractivity contribution in [2.75, 3.05) is 6.54 Å². The fourth-order valence-corrected chi connectivity index (χ4v) is 2.00. The Hall–Kier alpha value is -2.43. The van der Waals surface area contributed by atoms with E-state index in [2.05, 4.69) is 10.4 Å². The van der Waals surface area contributed by atoms with Crippen molar-refractivity contribution in [2.24, 2.45) is 0 Å². The highest BCUT2D eigenvalue weighted by molar-refractivity contribution is 5.76. The molecule has 1 amide bonds. The summed E-state index contributed by atoms with van der Waals surface area (Å²) in [6, 6.07) is 13.0. The molecule has 0 saturated heterocycles. The van der Waals surface area contributed by atoms with Crippen LogP contribution in [0.25, 0.3) is 0 Å². The summed E-state index contributed by atoms with van der Waals surface area (Å²) in [7, 11) is 0. The summed E-state index contributed by atoms with van der Waals surface area (Å²) in [5, 5.41) is 6.93. The molecule has 0 aliphatic rings. The smallest absolute Gasteiger partial charge is 0.266 e. The van der Waals surface area contributed by atoms with Gasteiger partial charge < -0.3 is 5.32 Å². The Morgan fingerprint density at radius 2 is 1.95 bits per heavy atom. The van der Waals surface area contributed by atoms with Gasteiger partial charge in [-0.1, -0.05) is 30.3 Å². The maximum absolute atomic E-state index is 11.7. The number of nitrogens with zero attached hydrogens (tertiary/aromatic N) is 2. The van der Waals surface area contributed by atoms with E-state index in [9.17, 15) is 9.59 Å². The summed E-state index contributed by atoms with van der Waals surface area (Å²) in [5.74, 6) is -0.0143. The molecule has 0 fully saturated rings. The van der Waals surface area contributed by atoms with Gasteiger partial charge in [0.1, 0.15) is 0 Å². The summed E-state index contributed by atoms with van der Waals surface area (Å²) in [4.78, 5) is 23.3. The molecule has 0 unspecified atom stereocenters. The van der Waals surface area contributed by atoms with Crippen LogP contribution in [0.4, 0.5) is 0 Å². The van der Waals surface area contributed by atoms with Crippen LogP contribution in [0, 0.1) is 6.92 Å². The molecule has 5 nitrogen and oxygen atoms in total. The molecule has 0 saturated carbocycles. The van der Waals surface area contributed by atoms with E-state index in [1.54, 1.807) is 6.07 Å². The summed E-state index contributed by atoms with van der Waals surface area (Å²) in [5.41, 5.74) is 1.77. The van der Waals surface area contributed by atoms with Crippen molar-refractivity contribution in [3.8, 4) is 0 Å². The number of benzene rings is 1. The van der Waals surface area contributed by atoms with Crippen molar-refractivity contribution in [3.63, 3.8) is 0 Å². The fraction of sp³-hybridized carbons (Fsp3) is 0.312. The van der Waals surface area contributed by atoms with E-state index >= 15 is 0 Å². The molecule has 21 heavy (non-hydrogen) atoms. The number of rotatable bonds is 6. The Balaban J connectivity index is 1.74. The van der Waals surface area contributed by atoms with Crippen molar-refractivity contribution >= 4 is 5.91 Å². The van der Waals surface area contributed by atoms with E-state index in [1.807, 2.05) is 37.3 Å². The minimum atomic E-state index is -0.154. The van der Waals surface area contributed by atoms with Crippen LogP contribution in [-0.2, 0) is 17.8 Å². The predicted octanol–water partition coefficient (Wildman–Crippen LogP) is 1.30. The van der Waals surface area contributed by atoms with Gasteiger partial charge in [0.25, 0.3) is 5.56 Å². The Morgan fingerprint density at radius 1 is 1.19 bits per heavy atom. The number of nitrogens with one attached hydrogen (secondary N) is 1. The molecule has 0 atom stereocenters. The van der Waals surface area contributed by atoms with E-state index in [0.29, 0.717) is 19.5 Å². The first-order valence-electron chi connectivity index (χ1n) is 7.00. The van der Waals surface area contributed by atoms with Crippen LogP contribution in [0.15, 0.2) is 47.3 Å². The Bertz CT molecular complexity index is 650. The molecule has 110 valence electrons. The molecule has 0 radical (unpaired) electrons. The molecule has 1 N–H and O–H groups in total. The van der Waals surface area contributed by atoms with Gasteiger partial charge in [0.2, 0.25) is 5.91 Å². The van der Waals surface area contributed by atoms with Crippen molar-refractivity contribution in [2.45, 2.75) is 26.3 Å². The second kappa shape index (κ2) is 7.38. The van der Waals surface area contributed by atoms with Crippen LogP contribution in [0.3, 0.4) is 0 Å². The fourth-order valence-electron chi connectivity index (χ4n) is 2.00. The van der Waals surface area contributed by atoms with Crippen LogP contribution in [0.1, 0.15) is 17.7 Å². The Kier molecular flexibility index (Phi) is 5.26. The summed E-state index contributed by atoms with van der Waals surface area (Å²) >= 11 is 0. The van der Waals surface area contributed by atoms with Crippen molar-refractivity contribution < 1.29 is 4.79 Å². The SMILES string of the molecule is Cc1ccc(=O)n(CCNC(=O)CCc2ccccc2)n1. The maximum Gasteiger partial charge on any atom is 0.266 e. The third kappa shape index (κ3) is 4.87. The monoisotopic (exact) mass is 285 g/mol. The highest BCUT2D eigenvalue weighted by Gasteiger charge is 2.03. The second-order valence-electron chi connectivity index (χ2n) is 4.87. The van der Waals surface area contributed by atoms with Crippen LogP contribution in [0.5, 0.6) is 0 Å². The van der Waals surface area contributed by atoms with E-state index in [1.165, 1.54) is 10.7 Å². The molecule has 2 aromatic rings. The van der Waals surface area contributed by atoms with Gasteiger partial charge in [-0.15, -0.1) is 0 Å². The van der Waals surface area contributed by atoms with Gasteiger partial charge in [0.15, 0.2) is 0 Å². The average molecular weight is 285 g/mol. The molecule has 5 heteroatoms. The van der Waals surface area contributed by atoms with Crippen molar-refractivity contribution in [1.29, 1.82) is 0 Å². The zero-order chi connectivity index (χ0) is 15.1. The number of aromatic nitrogens is 2.